The lowest BCUT2D eigenvalue weighted by Crippen LogP contribution is -2.48. The number of likely N-dealkylation sites (tertiary alicyclic amines) is 1. The molecule has 0 aliphatic carbocycles. The molecule has 5 rings (SSSR count). The fourth-order valence-corrected chi connectivity index (χ4v) is 5.03. The number of nitrogens with one attached hydrogen (secondary N) is 3. The minimum atomic E-state index is 0.00594. The highest BCUT2D eigenvalue weighted by atomic mass is 16.2. The van der Waals surface area contributed by atoms with E-state index in [1.807, 2.05) is 4.90 Å². The van der Waals surface area contributed by atoms with Crippen LogP contribution in [0.3, 0.4) is 0 Å². The highest BCUT2D eigenvalue weighted by molar-refractivity contribution is 5.86. The molecule has 3 N–H and O–H groups in total. The number of carbonyl (C=O) groups is 2. The van der Waals surface area contributed by atoms with Gasteiger partial charge in [-0.2, -0.15) is 0 Å². The summed E-state index contributed by atoms with van der Waals surface area (Å²) in [5, 5.41) is 5.42. The molecule has 3 saturated heterocycles. The molecule has 4 unspecified atom stereocenters. The predicted molar refractivity (Wildman–Crippen MR) is 107 cm³/mol. The zero-order valence-electron chi connectivity index (χ0n) is 15.9. The Morgan fingerprint density at radius 3 is 2.79 bits per heavy atom. The van der Waals surface area contributed by atoms with Crippen LogP contribution in [0.1, 0.15) is 37.3 Å². The molecule has 0 aromatic heterocycles. The molecule has 2 aromatic rings. The third kappa shape index (κ3) is 3.16. The van der Waals surface area contributed by atoms with Crippen LogP contribution >= 0.6 is 0 Å². The molecule has 146 valence electrons. The molecule has 0 spiro atoms. The molecular weight excluding hydrogens is 352 g/mol. The van der Waals surface area contributed by atoms with Crippen LogP contribution in [0, 0.1) is 5.92 Å². The number of fused-ring (bicyclic) bond motifs is 2. The number of hydrogen-bond acceptors (Lipinski definition) is 4. The minimum Gasteiger partial charge on any atom is -0.353 e. The predicted octanol–water partition coefficient (Wildman–Crippen LogP) is 1.87. The standard InChI is InChI=1S/C22H26N4O2/c27-20-9-8-15(23-20)12-21(28)26-11-10-19-18(13-26)22(25-24-19)17-7-3-5-14-4-1-2-6-16(14)17/h1-7,15,18-19,22,24-25H,8-13H2,(H,23,27). The van der Waals surface area contributed by atoms with Crippen LogP contribution in [0.15, 0.2) is 42.5 Å². The van der Waals surface area contributed by atoms with Gasteiger partial charge in [0, 0.05) is 43.9 Å². The first kappa shape index (κ1) is 17.6. The summed E-state index contributed by atoms with van der Waals surface area (Å²) in [7, 11) is 0. The van der Waals surface area contributed by atoms with Crippen molar-refractivity contribution in [1.29, 1.82) is 0 Å². The van der Waals surface area contributed by atoms with E-state index in [0.29, 0.717) is 24.8 Å². The molecular formula is C22H26N4O2. The molecule has 3 fully saturated rings. The summed E-state index contributed by atoms with van der Waals surface area (Å²) in [5.74, 6) is 0.563. The number of nitrogens with zero attached hydrogens (tertiary/aromatic N) is 1. The summed E-state index contributed by atoms with van der Waals surface area (Å²) in [6.07, 6.45) is 2.68. The third-order valence-corrected chi connectivity index (χ3v) is 6.53. The Balaban J connectivity index is 1.34. The molecule has 0 saturated carbocycles. The number of hydrogen-bond donors (Lipinski definition) is 3. The second-order valence-electron chi connectivity index (χ2n) is 8.24. The Morgan fingerprint density at radius 2 is 1.93 bits per heavy atom. The fraction of sp³-hybridized carbons (Fsp3) is 0.455. The van der Waals surface area contributed by atoms with Gasteiger partial charge in [-0.25, -0.2) is 5.43 Å². The van der Waals surface area contributed by atoms with Crippen LogP contribution in [0.5, 0.6) is 0 Å². The van der Waals surface area contributed by atoms with Gasteiger partial charge in [-0.15, -0.1) is 0 Å². The van der Waals surface area contributed by atoms with E-state index in [4.69, 9.17) is 0 Å². The van der Waals surface area contributed by atoms with Gasteiger partial charge in [0.05, 0.1) is 6.04 Å². The van der Waals surface area contributed by atoms with Gasteiger partial charge in [0.2, 0.25) is 11.8 Å². The van der Waals surface area contributed by atoms with Crippen LogP contribution in [-0.4, -0.2) is 41.9 Å². The molecule has 2 aromatic carbocycles. The summed E-state index contributed by atoms with van der Waals surface area (Å²) in [5.41, 5.74) is 8.25. The lowest BCUT2D eigenvalue weighted by molar-refractivity contribution is -0.133. The maximum absolute atomic E-state index is 12.8. The Hall–Kier alpha value is -2.44. The van der Waals surface area contributed by atoms with Crippen LogP contribution in [-0.2, 0) is 9.59 Å². The van der Waals surface area contributed by atoms with E-state index in [9.17, 15) is 9.59 Å². The van der Waals surface area contributed by atoms with E-state index in [1.165, 1.54) is 16.3 Å². The molecule has 3 aliphatic rings. The Morgan fingerprint density at radius 1 is 1.07 bits per heavy atom. The molecule has 0 bridgehead atoms. The van der Waals surface area contributed by atoms with Gasteiger partial charge in [-0.05, 0) is 29.2 Å². The number of amides is 2. The highest BCUT2D eigenvalue weighted by Gasteiger charge is 2.42. The molecule has 2 amide bonds. The zero-order chi connectivity index (χ0) is 19.1. The normalized spacial score (nSPS) is 29.7. The molecule has 0 radical (unpaired) electrons. The highest BCUT2D eigenvalue weighted by Crippen LogP contribution is 2.37. The summed E-state index contributed by atoms with van der Waals surface area (Å²) in [6, 6.07) is 15.5. The topological polar surface area (TPSA) is 73.5 Å². The van der Waals surface area contributed by atoms with Crippen LogP contribution in [0.4, 0.5) is 0 Å². The van der Waals surface area contributed by atoms with E-state index in [1.54, 1.807) is 0 Å². The van der Waals surface area contributed by atoms with Crippen molar-refractivity contribution in [1.82, 2.24) is 21.1 Å². The van der Waals surface area contributed by atoms with Crippen molar-refractivity contribution in [3.05, 3.63) is 48.0 Å². The molecule has 3 aliphatic heterocycles. The Labute approximate surface area is 164 Å². The van der Waals surface area contributed by atoms with Gasteiger partial charge in [0.15, 0.2) is 0 Å². The van der Waals surface area contributed by atoms with Crippen molar-refractivity contribution in [3.63, 3.8) is 0 Å². The van der Waals surface area contributed by atoms with E-state index >= 15 is 0 Å². The van der Waals surface area contributed by atoms with E-state index < -0.39 is 0 Å². The van der Waals surface area contributed by atoms with E-state index in [0.717, 1.165) is 25.9 Å². The number of piperidine rings is 1. The smallest absolute Gasteiger partial charge is 0.224 e. The first-order valence-corrected chi connectivity index (χ1v) is 10.2. The van der Waals surface area contributed by atoms with Gasteiger partial charge < -0.3 is 10.2 Å². The molecule has 6 nitrogen and oxygen atoms in total. The number of hydrazine groups is 1. The average molecular weight is 378 g/mol. The number of carbonyl (C=O) groups excluding carboxylic acids is 2. The zero-order valence-corrected chi connectivity index (χ0v) is 15.9. The lowest BCUT2D eigenvalue weighted by atomic mass is 9.83. The summed E-state index contributed by atoms with van der Waals surface area (Å²) < 4.78 is 0. The number of benzene rings is 2. The van der Waals surface area contributed by atoms with Crippen molar-refractivity contribution in [2.45, 2.75) is 43.8 Å². The quantitative estimate of drug-likeness (QED) is 0.762. The number of rotatable bonds is 3. The minimum absolute atomic E-state index is 0.00594. The first-order chi connectivity index (χ1) is 13.7. The van der Waals surface area contributed by atoms with Crippen molar-refractivity contribution in [2.24, 2.45) is 5.92 Å². The van der Waals surface area contributed by atoms with Gasteiger partial charge in [-0.3, -0.25) is 15.0 Å². The SMILES string of the molecule is O=C1CCC(CC(=O)N2CCC3NNC(c4cccc5ccccc45)C3C2)N1. The monoisotopic (exact) mass is 378 g/mol. The lowest BCUT2D eigenvalue weighted by Gasteiger charge is -2.36. The average Bonchev–Trinajstić information content (AvgIpc) is 3.33. The van der Waals surface area contributed by atoms with Gasteiger partial charge in [0.25, 0.3) is 0 Å². The first-order valence-electron chi connectivity index (χ1n) is 10.2. The Bertz CT molecular complexity index is 909. The Kier molecular flexibility index (Phi) is 4.53. The second kappa shape index (κ2) is 7.18. The van der Waals surface area contributed by atoms with E-state index in [-0.39, 0.29) is 23.9 Å². The molecule has 28 heavy (non-hydrogen) atoms. The van der Waals surface area contributed by atoms with Crippen LogP contribution in [0.25, 0.3) is 10.8 Å². The van der Waals surface area contributed by atoms with Crippen LogP contribution < -0.4 is 16.2 Å². The van der Waals surface area contributed by atoms with Crippen LogP contribution in [0.2, 0.25) is 0 Å². The fourth-order valence-electron chi connectivity index (χ4n) is 5.03. The van der Waals surface area contributed by atoms with E-state index in [2.05, 4.69) is 58.6 Å². The van der Waals surface area contributed by atoms with Gasteiger partial charge in [0.1, 0.15) is 0 Å². The molecule has 3 heterocycles. The van der Waals surface area contributed by atoms with Gasteiger partial charge in [-0.1, -0.05) is 42.5 Å². The maximum atomic E-state index is 12.8. The van der Waals surface area contributed by atoms with Crippen molar-refractivity contribution in [3.8, 4) is 0 Å². The van der Waals surface area contributed by atoms with Crippen molar-refractivity contribution in [2.75, 3.05) is 13.1 Å². The molecule has 6 heteroatoms. The van der Waals surface area contributed by atoms with Crippen molar-refractivity contribution >= 4 is 22.6 Å². The van der Waals surface area contributed by atoms with Crippen molar-refractivity contribution < 1.29 is 9.59 Å². The second-order valence-corrected chi connectivity index (χ2v) is 8.24. The largest absolute Gasteiger partial charge is 0.353 e. The van der Waals surface area contributed by atoms with Gasteiger partial charge >= 0.3 is 0 Å². The summed E-state index contributed by atoms with van der Waals surface area (Å²) >= 11 is 0. The third-order valence-electron chi connectivity index (χ3n) is 6.53. The summed E-state index contributed by atoms with van der Waals surface area (Å²) in [4.78, 5) is 26.3. The summed E-state index contributed by atoms with van der Waals surface area (Å²) in [6.45, 7) is 1.52. The molecule has 4 atom stereocenters. The maximum Gasteiger partial charge on any atom is 0.224 e.